The molecule has 0 bridgehead atoms. The first-order valence-corrected chi connectivity index (χ1v) is 6.79. The van der Waals surface area contributed by atoms with E-state index in [0.717, 1.165) is 36.8 Å². The van der Waals surface area contributed by atoms with E-state index in [4.69, 9.17) is 9.47 Å². The molecule has 0 aliphatic heterocycles. The van der Waals surface area contributed by atoms with E-state index in [-0.39, 0.29) is 0 Å². The number of methoxy groups -OCH3 is 2. The highest BCUT2D eigenvalue weighted by Gasteiger charge is 2.01. The molecule has 1 aromatic heterocycles. The monoisotopic (exact) mass is 288 g/mol. The van der Waals surface area contributed by atoms with Gasteiger partial charge in [0.2, 0.25) is 5.95 Å². The van der Waals surface area contributed by atoms with Crippen molar-refractivity contribution in [2.45, 2.75) is 6.42 Å². The van der Waals surface area contributed by atoms with Crippen LogP contribution in [0, 0.1) is 0 Å². The van der Waals surface area contributed by atoms with Crippen LogP contribution in [0.2, 0.25) is 0 Å². The van der Waals surface area contributed by atoms with E-state index >= 15 is 0 Å². The second kappa shape index (κ2) is 8.06. The van der Waals surface area contributed by atoms with Gasteiger partial charge < -0.3 is 20.1 Å². The molecule has 0 fully saturated rings. The largest absolute Gasteiger partial charge is 0.497 e. The Hall–Kier alpha value is -2.34. The van der Waals surface area contributed by atoms with E-state index in [1.54, 1.807) is 20.4 Å². The van der Waals surface area contributed by atoms with Crippen LogP contribution in [0.15, 0.2) is 36.5 Å². The predicted molar refractivity (Wildman–Crippen MR) is 83.3 cm³/mol. The molecule has 0 saturated carbocycles. The lowest BCUT2D eigenvalue weighted by Crippen LogP contribution is -2.08. The van der Waals surface area contributed by atoms with Gasteiger partial charge in [-0.1, -0.05) is 6.07 Å². The number of hydrogen-bond acceptors (Lipinski definition) is 6. The van der Waals surface area contributed by atoms with Gasteiger partial charge in [0, 0.05) is 38.2 Å². The number of anilines is 3. The first-order chi connectivity index (χ1) is 10.3. The lowest BCUT2D eigenvalue weighted by Gasteiger charge is -2.09. The maximum atomic E-state index is 5.20. The highest BCUT2D eigenvalue weighted by molar-refractivity contribution is 5.58. The lowest BCUT2D eigenvalue weighted by atomic mass is 10.3. The molecular formula is C15H20N4O2. The van der Waals surface area contributed by atoms with Gasteiger partial charge in [0.25, 0.3) is 0 Å². The third kappa shape index (κ3) is 4.92. The fourth-order valence-corrected chi connectivity index (χ4v) is 1.78. The molecule has 2 aromatic rings. The lowest BCUT2D eigenvalue weighted by molar-refractivity contribution is 0.197. The summed E-state index contributed by atoms with van der Waals surface area (Å²) in [6.45, 7) is 1.49. The molecule has 6 heteroatoms. The third-order valence-electron chi connectivity index (χ3n) is 2.81. The zero-order valence-electron chi connectivity index (χ0n) is 12.3. The van der Waals surface area contributed by atoms with Crippen molar-refractivity contribution in [1.29, 1.82) is 0 Å². The van der Waals surface area contributed by atoms with Crippen LogP contribution in [0.5, 0.6) is 5.75 Å². The van der Waals surface area contributed by atoms with Gasteiger partial charge in [-0.2, -0.15) is 4.98 Å². The summed E-state index contributed by atoms with van der Waals surface area (Å²) in [5.74, 6) is 2.12. The van der Waals surface area contributed by atoms with Crippen molar-refractivity contribution < 1.29 is 9.47 Å². The molecule has 0 atom stereocenters. The van der Waals surface area contributed by atoms with Gasteiger partial charge >= 0.3 is 0 Å². The molecule has 0 saturated heterocycles. The van der Waals surface area contributed by atoms with Crippen molar-refractivity contribution in [3.8, 4) is 5.75 Å². The number of aromatic nitrogens is 2. The summed E-state index contributed by atoms with van der Waals surface area (Å²) < 4.78 is 10.2. The predicted octanol–water partition coefficient (Wildman–Crippen LogP) is 2.68. The van der Waals surface area contributed by atoms with Crippen LogP contribution in [0.4, 0.5) is 17.5 Å². The van der Waals surface area contributed by atoms with Gasteiger partial charge in [-0.3, -0.25) is 0 Å². The van der Waals surface area contributed by atoms with Crippen LogP contribution < -0.4 is 15.4 Å². The van der Waals surface area contributed by atoms with E-state index in [1.165, 1.54) is 0 Å². The molecule has 112 valence electrons. The molecule has 2 N–H and O–H groups in total. The van der Waals surface area contributed by atoms with E-state index in [9.17, 15) is 0 Å². The SMILES string of the molecule is COCCCNc1nccc(Nc2cccc(OC)c2)n1. The van der Waals surface area contributed by atoms with Crippen molar-refractivity contribution in [1.82, 2.24) is 9.97 Å². The Morgan fingerprint density at radius 3 is 2.90 bits per heavy atom. The molecule has 0 spiro atoms. The number of benzene rings is 1. The standard InChI is InChI=1S/C15H20N4O2/c1-20-10-4-8-16-15-17-9-7-14(19-15)18-12-5-3-6-13(11-12)21-2/h3,5-7,9,11H,4,8,10H2,1-2H3,(H2,16,17,18,19). The minimum absolute atomic E-state index is 0.596. The van der Waals surface area contributed by atoms with Crippen molar-refractivity contribution in [3.05, 3.63) is 36.5 Å². The van der Waals surface area contributed by atoms with Crippen LogP contribution in [-0.2, 0) is 4.74 Å². The van der Waals surface area contributed by atoms with Crippen molar-refractivity contribution in [3.63, 3.8) is 0 Å². The van der Waals surface area contributed by atoms with E-state index in [2.05, 4.69) is 20.6 Å². The van der Waals surface area contributed by atoms with Crippen LogP contribution in [-0.4, -0.2) is 37.3 Å². The third-order valence-corrected chi connectivity index (χ3v) is 2.81. The van der Waals surface area contributed by atoms with Crippen molar-refractivity contribution in [2.24, 2.45) is 0 Å². The van der Waals surface area contributed by atoms with Crippen LogP contribution >= 0.6 is 0 Å². The number of ether oxygens (including phenoxy) is 2. The Kier molecular flexibility index (Phi) is 5.78. The maximum absolute atomic E-state index is 5.20. The molecule has 6 nitrogen and oxygen atoms in total. The molecule has 0 unspecified atom stereocenters. The number of rotatable bonds is 8. The summed E-state index contributed by atoms with van der Waals surface area (Å²) in [4.78, 5) is 8.59. The Morgan fingerprint density at radius 2 is 2.10 bits per heavy atom. The number of nitrogens with one attached hydrogen (secondary N) is 2. The van der Waals surface area contributed by atoms with Gasteiger partial charge in [0.15, 0.2) is 0 Å². The number of hydrogen-bond donors (Lipinski definition) is 2. The first-order valence-electron chi connectivity index (χ1n) is 6.79. The Bertz CT molecular complexity index is 563. The summed E-state index contributed by atoms with van der Waals surface area (Å²) >= 11 is 0. The van der Waals surface area contributed by atoms with Gasteiger partial charge in [-0.25, -0.2) is 4.98 Å². The van der Waals surface area contributed by atoms with Crippen molar-refractivity contribution in [2.75, 3.05) is 38.0 Å². The van der Waals surface area contributed by atoms with Gasteiger partial charge in [0.1, 0.15) is 11.6 Å². The molecule has 21 heavy (non-hydrogen) atoms. The normalized spacial score (nSPS) is 10.2. The Morgan fingerprint density at radius 1 is 1.19 bits per heavy atom. The van der Waals surface area contributed by atoms with Crippen molar-refractivity contribution >= 4 is 17.5 Å². The molecule has 0 amide bonds. The second-order valence-corrected chi connectivity index (χ2v) is 4.40. The maximum Gasteiger partial charge on any atom is 0.224 e. The van der Waals surface area contributed by atoms with E-state index in [0.29, 0.717) is 5.95 Å². The number of nitrogens with zero attached hydrogens (tertiary/aromatic N) is 2. The highest BCUT2D eigenvalue weighted by Crippen LogP contribution is 2.20. The molecule has 2 rings (SSSR count). The molecule has 0 aliphatic carbocycles. The van der Waals surface area contributed by atoms with E-state index < -0.39 is 0 Å². The van der Waals surface area contributed by atoms with Crippen LogP contribution in [0.3, 0.4) is 0 Å². The van der Waals surface area contributed by atoms with Crippen LogP contribution in [0.1, 0.15) is 6.42 Å². The topological polar surface area (TPSA) is 68.3 Å². The summed E-state index contributed by atoms with van der Waals surface area (Å²) in [7, 11) is 3.33. The summed E-state index contributed by atoms with van der Waals surface area (Å²) in [6, 6.07) is 9.50. The summed E-state index contributed by atoms with van der Waals surface area (Å²) in [6.07, 6.45) is 2.63. The zero-order valence-corrected chi connectivity index (χ0v) is 12.3. The van der Waals surface area contributed by atoms with Gasteiger partial charge in [-0.15, -0.1) is 0 Å². The second-order valence-electron chi connectivity index (χ2n) is 4.40. The minimum atomic E-state index is 0.596. The molecule has 1 aromatic carbocycles. The van der Waals surface area contributed by atoms with Gasteiger partial charge in [0.05, 0.1) is 7.11 Å². The molecular weight excluding hydrogens is 268 g/mol. The van der Waals surface area contributed by atoms with E-state index in [1.807, 2.05) is 30.3 Å². The molecule has 1 heterocycles. The Balaban J connectivity index is 1.96. The summed E-state index contributed by atoms with van der Waals surface area (Å²) in [5, 5.41) is 6.39. The Labute approximate surface area is 124 Å². The average Bonchev–Trinajstić information content (AvgIpc) is 2.52. The quantitative estimate of drug-likeness (QED) is 0.728. The minimum Gasteiger partial charge on any atom is -0.497 e. The fourth-order valence-electron chi connectivity index (χ4n) is 1.78. The fraction of sp³-hybridized carbons (Fsp3) is 0.333. The summed E-state index contributed by atoms with van der Waals surface area (Å²) in [5.41, 5.74) is 0.915. The molecule has 0 aliphatic rings. The molecule has 0 radical (unpaired) electrons. The highest BCUT2D eigenvalue weighted by atomic mass is 16.5. The van der Waals surface area contributed by atoms with Gasteiger partial charge in [-0.05, 0) is 24.6 Å². The first kappa shape index (κ1) is 15.1. The smallest absolute Gasteiger partial charge is 0.224 e. The average molecular weight is 288 g/mol. The van der Waals surface area contributed by atoms with Crippen LogP contribution in [0.25, 0.3) is 0 Å². The zero-order chi connectivity index (χ0) is 14.9.